The molecule has 0 radical (unpaired) electrons. The van der Waals surface area contributed by atoms with Crippen LogP contribution in [-0.2, 0) is 20.0 Å². The molecular weight excluding hydrogens is 330 g/mol. The number of aromatic nitrogens is 4. The van der Waals surface area contributed by atoms with Gasteiger partial charge in [0.25, 0.3) is 0 Å². The van der Waals surface area contributed by atoms with Crippen LogP contribution in [0.5, 0.6) is 0 Å². The van der Waals surface area contributed by atoms with Gasteiger partial charge in [-0.25, -0.2) is 0 Å². The number of hydrogen-bond donors (Lipinski definition) is 1. The van der Waals surface area contributed by atoms with Gasteiger partial charge in [-0.3, -0.25) is 9.36 Å². The molecule has 2 rings (SSSR count). The summed E-state index contributed by atoms with van der Waals surface area (Å²) in [5.74, 6) is 0. The lowest BCUT2D eigenvalue weighted by atomic mass is 10.1. The average molecular weight is 354 g/mol. The minimum Gasteiger partial charge on any atom is -0.309 e. The molecule has 0 saturated carbocycles. The maximum absolute atomic E-state index is 4.57. The molecular formula is C15H24BrN5. The van der Waals surface area contributed by atoms with Crippen molar-refractivity contribution in [3.8, 4) is 0 Å². The predicted octanol–water partition coefficient (Wildman–Crippen LogP) is 2.91. The smallest absolute Gasteiger partial charge is 0.0738 e. The van der Waals surface area contributed by atoms with Gasteiger partial charge in [0.1, 0.15) is 0 Å². The number of rotatable bonds is 6. The van der Waals surface area contributed by atoms with Crippen LogP contribution in [0.4, 0.5) is 0 Å². The third-order valence-corrected chi connectivity index (χ3v) is 4.73. The molecule has 1 atom stereocenters. The molecule has 2 aromatic rings. The van der Waals surface area contributed by atoms with Gasteiger partial charge in [0.05, 0.1) is 33.3 Å². The van der Waals surface area contributed by atoms with Crippen molar-refractivity contribution in [1.82, 2.24) is 24.9 Å². The second-order valence-electron chi connectivity index (χ2n) is 5.31. The Kier molecular flexibility index (Phi) is 5.22. The lowest BCUT2D eigenvalue weighted by Crippen LogP contribution is -2.26. The van der Waals surface area contributed by atoms with Crippen LogP contribution >= 0.6 is 15.9 Å². The second-order valence-corrected chi connectivity index (χ2v) is 6.10. The van der Waals surface area contributed by atoms with Crippen molar-refractivity contribution in [1.29, 1.82) is 0 Å². The molecule has 0 aromatic carbocycles. The van der Waals surface area contributed by atoms with E-state index in [-0.39, 0.29) is 6.04 Å². The van der Waals surface area contributed by atoms with Gasteiger partial charge in [-0.15, -0.1) is 0 Å². The van der Waals surface area contributed by atoms with Crippen LogP contribution in [0.2, 0.25) is 0 Å². The second kappa shape index (κ2) is 6.75. The summed E-state index contributed by atoms with van der Waals surface area (Å²) in [7, 11) is 2.00. The summed E-state index contributed by atoms with van der Waals surface area (Å²) in [6.07, 6.45) is 0.886. The Hall–Kier alpha value is -1.14. The summed E-state index contributed by atoms with van der Waals surface area (Å²) in [5, 5.41) is 12.6. The van der Waals surface area contributed by atoms with Crippen LogP contribution < -0.4 is 5.32 Å². The Morgan fingerprint density at radius 2 is 2.00 bits per heavy atom. The molecule has 116 valence electrons. The minimum absolute atomic E-state index is 0.238. The van der Waals surface area contributed by atoms with Gasteiger partial charge >= 0.3 is 0 Å². The summed E-state index contributed by atoms with van der Waals surface area (Å²) >= 11 is 3.66. The molecule has 6 heteroatoms. The largest absolute Gasteiger partial charge is 0.309 e. The zero-order valence-electron chi connectivity index (χ0n) is 13.4. The van der Waals surface area contributed by atoms with Crippen molar-refractivity contribution in [3.63, 3.8) is 0 Å². The monoisotopic (exact) mass is 353 g/mol. The summed E-state index contributed by atoms with van der Waals surface area (Å²) in [6, 6.07) is 2.41. The molecule has 2 heterocycles. The third-order valence-electron chi connectivity index (χ3n) is 3.70. The molecule has 1 unspecified atom stereocenters. The van der Waals surface area contributed by atoms with E-state index in [9.17, 15) is 0 Å². The summed E-state index contributed by atoms with van der Waals surface area (Å²) in [6.45, 7) is 10.1. The number of hydrogen-bond acceptors (Lipinski definition) is 3. The van der Waals surface area contributed by atoms with Crippen LogP contribution in [0.25, 0.3) is 0 Å². The van der Waals surface area contributed by atoms with E-state index in [2.05, 4.69) is 56.0 Å². The fourth-order valence-corrected chi connectivity index (χ4v) is 3.22. The number of likely N-dealkylation sites (N-methyl/N-ethyl adjacent to an activating group) is 1. The number of nitrogens with one attached hydrogen (secondary N) is 1. The van der Waals surface area contributed by atoms with Crippen LogP contribution in [0, 0.1) is 13.8 Å². The van der Waals surface area contributed by atoms with Crippen molar-refractivity contribution in [2.24, 2.45) is 7.05 Å². The van der Waals surface area contributed by atoms with Crippen LogP contribution in [0.3, 0.4) is 0 Å². The molecule has 0 amide bonds. The highest BCUT2D eigenvalue weighted by Gasteiger charge is 2.21. The predicted molar refractivity (Wildman–Crippen MR) is 88.4 cm³/mol. The van der Waals surface area contributed by atoms with Gasteiger partial charge in [0, 0.05) is 20.0 Å². The maximum Gasteiger partial charge on any atom is 0.0738 e. The van der Waals surface area contributed by atoms with E-state index in [0.29, 0.717) is 0 Å². The van der Waals surface area contributed by atoms with E-state index in [0.717, 1.165) is 35.4 Å². The first-order valence-corrected chi connectivity index (χ1v) is 8.22. The molecule has 0 fully saturated rings. The lowest BCUT2D eigenvalue weighted by molar-refractivity contribution is 0.477. The van der Waals surface area contributed by atoms with Crippen molar-refractivity contribution in [2.45, 2.75) is 46.7 Å². The summed E-state index contributed by atoms with van der Waals surface area (Å²) < 4.78 is 5.15. The molecule has 1 N–H and O–H groups in total. The summed E-state index contributed by atoms with van der Waals surface area (Å²) in [4.78, 5) is 0. The van der Waals surface area contributed by atoms with E-state index in [1.165, 1.54) is 11.4 Å². The van der Waals surface area contributed by atoms with E-state index < -0.39 is 0 Å². The molecule has 0 aliphatic heterocycles. The average Bonchev–Trinajstić information content (AvgIpc) is 2.93. The zero-order valence-corrected chi connectivity index (χ0v) is 15.0. The van der Waals surface area contributed by atoms with E-state index in [1.54, 1.807) is 0 Å². The Morgan fingerprint density at radius 3 is 2.52 bits per heavy atom. The standard InChI is InChI=1S/C15H24BrN5/c1-6-17-12(13-8-10(3)18-21(13)7-2)9-14-15(16)11(4)19-20(14)5/h8,12,17H,6-7,9H2,1-5H3. The van der Waals surface area contributed by atoms with Gasteiger partial charge in [-0.1, -0.05) is 6.92 Å². The molecule has 0 aliphatic rings. The van der Waals surface area contributed by atoms with Gasteiger partial charge in [-0.05, 0) is 49.3 Å². The fourth-order valence-electron chi connectivity index (χ4n) is 2.72. The van der Waals surface area contributed by atoms with Crippen LogP contribution in [0.1, 0.15) is 42.7 Å². The molecule has 21 heavy (non-hydrogen) atoms. The van der Waals surface area contributed by atoms with Crippen molar-refractivity contribution in [3.05, 3.63) is 33.3 Å². The van der Waals surface area contributed by atoms with E-state index in [1.807, 2.05) is 25.6 Å². The van der Waals surface area contributed by atoms with Crippen LogP contribution in [-0.4, -0.2) is 26.1 Å². The molecule has 0 spiro atoms. The molecule has 5 nitrogen and oxygen atoms in total. The highest BCUT2D eigenvalue weighted by atomic mass is 79.9. The van der Waals surface area contributed by atoms with Crippen molar-refractivity contribution < 1.29 is 0 Å². The van der Waals surface area contributed by atoms with Gasteiger partial charge < -0.3 is 5.32 Å². The Morgan fingerprint density at radius 1 is 1.29 bits per heavy atom. The molecule has 2 aromatic heterocycles. The van der Waals surface area contributed by atoms with Crippen molar-refractivity contribution >= 4 is 15.9 Å². The Balaban J connectivity index is 2.35. The van der Waals surface area contributed by atoms with Crippen LogP contribution in [0.15, 0.2) is 10.5 Å². The molecule has 0 bridgehead atoms. The topological polar surface area (TPSA) is 47.7 Å². The summed E-state index contributed by atoms with van der Waals surface area (Å²) in [5.41, 5.74) is 4.54. The fraction of sp³-hybridized carbons (Fsp3) is 0.600. The normalized spacial score (nSPS) is 12.9. The van der Waals surface area contributed by atoms with E-state index >= 15 is 0 Å². The number of aryl methyl sites for hydroxylation is 4. The van der Waals surface area contributed by atoms with Gasteiger partial charge in [-0.2, -0.15) is 10.2 Å². The third kappa shape index (κ3) is 3.37. The number of halogens is 1. The van der Waals surface area contributed by atoms with Gasteiger partial charge in [0.15, 0.2) is 0 Å². The Labute approximate surface area is 134 Å². The highest BCUT2D eigenvalue weighted by molar-refractivity contribution is 9.10. The minimum atomic E-state index is 0.238. The van der Waals surface area contributed by atoms with Gasteiger partial charge in [0.2, 0.25) is 0 Å². The Bertz CT molecular complexity index is 614. The highest BCUT2D eigenvalue weighted by Crippen LogP contribution is 2.26. The number of nitrogens with zero attached hydrogens (tertiary/aromatic N) is 4. The first kappa shape index (κ1) is 16.2. The first-order chi connectivity index (χ1) is 9.97. The van der Waals surface area contributed by atoms with Crippen molar-refractivity contribution in [2.75, 3.05) is 6.54 Å². The zero-order chi connectivity index (χ0) is 15.6. The molecule has 0 saturated heterocycles. The SMILES string of the molecule is CCNC(Cc1c(Br)c(C)nn1C)c1cc(C)nn1CC. The quantitative estimate of drug-likeness (QED) is 0.868. The maximum atomic E-state index is 4.57. The molecule has 0 aliphatic carbocycles. The lowest BCUT2D eigenvalue weighted by Gasteiger charge is -2.19. The van der Waals surface area contributed by atoms with E-state index in [4.69, 9.17) is 0 Å². The first-order valence-electron chi connectivity index (χ1n) is 7.43.